The maximum atomic E-state index is 12.8. The molecule has 1 aromatic carbocycles. The van der Waals surface area contributed by atoms with E-state index in [-0.39, 0.29) is 11.6 Å². The van der Waals surface area contributed by atoms with Crippen molar-refractivity contribution in [2.24, 2.45) is 0 Å². The van der Waals surface area contributed by atoms with E-state index < -0.39 is 5.72 Å². The molecular formula is C16H24N2O2. The van der Waals surface area contributed by atoms with Gasteiger partial charge in [-0.3, -0.25) is 4.90 Å². The quantitative estimate of drug-likeness (QED) is 0.902. The van der Waals surface area contributed by atoms with Crippen LogP contribution in [0.5, 0.6) is 0 Å². The Kier molecular flexibility index (Phi) is 3.54. The fourth-order valence-corrected chi connectivity index (χ4v) is 3.23. The van der Waals surface area contributed by atoms with Gasteiger partial charge in [0.1, 0.15) is 5.72 Å². The van der Waals surface area contributed by atoms with Crippen LogP contribution in [0, 0.1) is 6.92 Å². The van der Waals surface area contributed by atoms with Gasteiger partial charge in [-0.2, -0.15) is 0 Å². The van der Waals surface area contributed by atoms with Crippen LogP contribution < -0.4 is 4.90 Å². The van der Waals surface area contributed by atoms with Crippen molar-refractivity contribution in [2.45, 2.75) is 52.3 Å². The number of amides is 2. The third-order valence-electron chi connectivity index (χ3n) is 4.01. The second-order valence-electron chi connectivity index (χ2n) is 6.40. The molecule has 1 N–H and O–H groups in total. The van der Waals surface area contributed by atoms with E-state index in [2.05, 4.69) is 0 Å². The number of urea groups is 1. The Bertz CT molecular complexity index is 506. The van der Waals surface area contributed by atoms with Gasteiger partial charge in [0.25, 0.3) is 0 Å². The summed E-state index contributed by atoms with van der Waals surface area (Å²) in [6.07, 6.45) is 0.507. The van der Waals surface area contributed by atoms with Crippen molar-refractivity contribution >= 4 is 11.7 Å². The van der Waals surface area contributed by atoms with Gasteiger partial charge in [-0.1, -0.05) is 17.7 Å². The van der Waals surface area contributed by atoms with Gasteiger partial charge in [0.05, 0.1) is 0 Å². The molecule has 0 aromatic heterocycles. The molecule has 4 nitrogen and oxygen atoms in total. The first kappa shape index (κ1) is 14.9. The average Bonchev–Trinajstić information content (AvgIpc) is 2.29. The van der Waals surface area contributed by atoms with Gasteiger partial charge in [0.15, 0.2) is 0 Å². The van der Waals surface area contributed by atoms with Crippen LogP contribution >= 0.6 is 0 Å². The zero-order valence-corrected chi connectivity index (χ0v) is 13.0. The van der Waals surface area contributed by atoms with Crippen LogP contribution in [0.1, 0.15) is 39.7 Å². The number of carbonyl (C=O) groups excluding carboxylic acids is 1. The Balaban J connectivity index is 2.45. The minimum Gasteiger partial charge on any atom is -0.371 e. The highest BCUT2D eigenvalue weighted by Crippen LogP contribution is 2.38. The summed E-state index contributed by atoms with van der Waals surface area (Å²) in [5, 5.41) is 10.8. The number of hydrogen-bond donors (Lipinski definition) is 1. The molecule has 110 valence electrons. The van der Waals surface area contributed by atoms with Gasteiger partial charge in [-0.25, -0.2) is 4.79 Å². The number of nitrogens with zero attached hydrogens (tertiary/aromatic N) is 2. The Labute approximate surface area is 121 Å². The summed E-state index contributed by atoms with van der Waals surface area (Å²) >= 11 is 0. The summed E-state index contributed by atoms with van der Waals surface area (Å²) in [6, 6.07) is 7.53. The molecule has 0 spiro atoms. The third kappa shape index (κ3) is 2.40. The molecule has 1 aliphatic rings. The largest absolute Gasteiger partial charge is 0.371 e. The van der Waals surface area contributed by atoms with Crippen molar-refractivity contribution in [2.75, 3.05) is 11.4 Å². The van der Waals surface area contributed by atoms with E-state index >= 15 is 0 Å². The molecule has 1 saturated heterocycles. The highest BCUT2D eigenvalue weighted by Gasteiger charge is 2.49. The van der Waals surface area contributed by atoms with Crippen LogP contribution in [-0.4, -0.2) is 33.8 Å². The van der Waals surface area contributed by atoms with E-state index in [9.17, 15) is 9.90 Å². The van der Waals surface area contributed by atoms with Crippen molar-refractivity contribution in [3.63, 3.8) is 0 Å². The maximum absolute atomic E-state index is 12.8. The molecule has 0 saturated carbocycles. The maximum Gasteiger partial charge on any atom is 0.327 e. The summed E-state index contributed by atoms with van der Waals surface area (Å²) in [7, 11) is 0. The SMILES string of the molecule is CCN1C(=O)N(c2ccc(C)cc2)[C@@](C)(O)CC1(C)C. The smallest absolute Gasteiger partial charge is 0.327 e. The molecular weight excluding hydrogens is 252 g/mol. The van der Waals surface area contributed by atoms with Gasteiger partial charge in [0.2, 0.25) is 0 Å². The summed E-state index contributed by atoms with van der Waals surface area (Å²) in [5.41, 5.74) is 0.336. The van der Waals surface area contributed by atoms with Crippen LogP contribution in [0.2, 0.25) is 0 Å². The zero-order valence-electron chi connectivity index (χ0n) is 13.0. The average molecular weight is 276 g/mol. The fraction of sp³-hybridized carbons (Fsp3) is 0.562. The second kappa shape index (κ2) is 4.77. The third-order valence-corrected chi connectivity index (χ3v) is 4.01. The standard InChI is InChI=1S/C16H24N2O2/c1-6-17-14(19)18(13-9-7-12(2)8-10-13)16(5,20)11-15(17,3)4/h7-10,20H,6,11H2,1-5H3/t16-/m0/s1. The lowest BCUT2D eigenvalue weighted by molar-refractivity contribution is -0.0238. The van der Waals surface area contributed by atoms with Crippen LogP contribution in [-0.2, 0) is 0 Å². The number of rotatable bonds is 2. The van der Waals surface area contributed by atoms with Gasteiger partial charge in [-0.15, -0.1) is 0 Å². The lowest BCUT2D eigenvalue weighted by atomic mass is 9.87. The zero-order chi connectivity index (χ0) is 15.1. The molecule has 1 aromatic rings. The van der Waals surface area contributed by atoms with E-state index in [0.29, 0.717) is 13.0 Å². The number of benzene rings is 1. The predicted molar refractivity (Wildman–Crippen MR) is 80.8 cm³/mol. The molecule has 1 heterocycles. The van der Waals surface area contributed by atoms with Crippen molar-refractivity contribution in [1.29, 1.82) is 0 Å². The molecule has 0 bridgehead atoms. The molecule has 0 aliphatic carbocycles. The van der Waals surface area contributed by atoms with Crippen LogP contribution in [0.25, 0.3) is 0 Å². The fourth-order valence-electron chi connectivity index (χ4n) is 3.23. The molecule has 1 atom stereocenters. The topological polar surface area (TPSA) is 43.8 Å². The van der Waals surface area contributed by atoms with Crippen molar-refractivity contribution in [3.8, 4) is 0 Å². The molecule has 1 fully saturated rings. The first-order valence-electron chi connectivity index (χ1n) is 7.10. The van der Waals surface area contributed by atoms with E-state index in [1.165, 1.54) is 4.90 Å². The Morgan fingerprint density at radius 3 is 2.25 bits per heavy atom. The van der Waals surface area contributed by atoms with Crippen molar-refractivity contribution in [1.82, 2.24) is 4.90 Å². The van der Waals surface area contributed by atoms with E-state index in [0.717, 1.165) is 11.3 Å². The normalized spacial score (nSPS) is 26.0. The second-order valence-corrected chi connectivity index (χ2v) is 6.40. The number of aryl methyl sites for hydroxylation is 1. The summed E-state index contributed by atoms with van der Waals surface area (Å²) in [5.74, 6) is 0. The Morgan fingerprint density at radius 2 is 1.75 bits per heavy atom. The van der Waals surface area contributed by atoms with Crippen molar-refractivity contribution < 1.29 is 9.90 Å². The van der Waals surface area contributed by atoms with E-state index in [1.807, 2.05) is 56.9 Å². The van der Waals surface area contributed by atoms with Gasteiger partial charge < -0.3 is 10.0 Å². The first-order chi connectivity index (χ1) is 9.19. The van der Waals surface area contributed by atoms with Crippen LogP contribution in [0.3, 0.4) is 0 Å². The molecule has 0 unspecified atom stereocenters. The molecule has 20 heavy (non-hydrogen) atoms. The van der Waals surface area contributed by atoms with Gasteiger partial charge in [0, 0.05) is 24.2 Å². The summed E-state index contributed by atoms with van der Waals surface area (Å²) in [4.78, 5) is 16.1. The molecule has 2 rings (SSSR count). The molecule has 0 radical (unpaired) electrons. The predicted octanol–water partition coefficient (Wildman–Crippen LogP) is 3.13. The Hall–Kier alpha value is -1.55. The number of carbonyl (C=O) groups is 1. The van der Waals surface area contributed by atoms with Gasteiger partial charge >= 0.3 is 6.03 Å². The lowest BCUT2D eigenvalue weighted by Gasteiger charge is -2.53. The molecule has 4 heteroatoms. The van der Waals surface area contributed by atoms with Crippen molar-refractivity contribution in [3.05, 3.63) is 29.8 Å². The summed E-state index contributed by atoms with van der Waals surface area (Å²) < 4.78 is 0. The van der Waals surface area contributed by atoms with E-state index in [1.54, 1.807) is 6.92 Å². The minimum absolute atomic E-state index is 0.141. The number of anilines is 1. The van der Waals surface area contributed by atoms with E-state index in [4.69, 9.17) is 0 Å². The summed E-state index contributed by atoms with van der Waals surface area (Å²) in [6.45, 7) is 10.3. The highest BCUT2D eigenvalue weighted by atomic mass is 16.3. The minimum atomic E-state index is -1.18. The van der Waals surface area contributed by atoms with Crippen LogP contribution in [0.4, 0.5) is 10.5 Å². The van der Waals surface area contributed by atoms with Gasteiger partial charge in [-0.05, 0) is 46.8 Å². The number of aliphatic hydroxyl groups is 1. The number of hydrogen-bond acceptors (Lipinski definition) is 2. The first-order valence-corrected chi connectivity index (χ1v) is 7.10. The Morgan fingerprint density at radius 1 is 1.20 bits per heavy atom. The molecule has 2 amide bonds. The highest BCUT2D eigenvalue weighted by molar-refractivity contribution is 5.94. The monoisotopic (exact) mass is 276 g/mol. The lowest BCUT2D eigenvalue weighted by Crippen LogP contribution is -2.68. The molecule has 1 aliphatic heterocycles. The van der Waals surface area contributed by atoms with Crippen LogP contribution in [0.15, 0.2) is 24.3 Å².